The quantitative estimate of drug-likeness (QED) is 0.253. The molecule has 136 valence electrons. The van der Waals surface area contributed by atoms with E-state index >= 15 is 0 Å². The molecule has 0 bridgehead atoms. The smallest absolute Gasteiger partial charge is 0.122 e. The normalized spacial score (nSPS) is 13.4. The van der Waals surface area contributed by atoms with Crippen molar-refractivity contribution < 1.29 is 5.11 Å². The zero-order valence-corrected chi connectivity index (χ0v) is 16.3. The van der Waals surface area contributed by atoms with Crippen LogP contribution in [-0.2, 0) is 0 Å². The van der Waals surface area contributed by atoms with Gasteiger partial charge in [0.05, 0.1) is 0 Å². The Morgan fingerprint density at radius 3 is 1.43 bits per heavy atom. The highest BCUT2D eigenvalue weighted by molar-refractivity contribution is 5.11. The third kappa shape index (κ3) is 17.7. The Morgan fingerprint density at radius 2 is 1.04 bits per heavy atom. The van der Waals surface area contributed by atoms with Crippen LogP contribution in [0.2, 0.25) is 0 Å². The van der Waals surface area contributed by atoms with Crippen molar-refractivity contribution in [1.29, 1.82) is 0 Å². The van der Waals surface area contributed by atoms with Gasteiger partial charge in [0.1, 0.15) is 5.60 Å². The van der Waals surface area contributed by atoms with Crippen molar-refractivity contribution in [2.45, 2.75) is 129 Å². The lowest BCUT2D eigenvalue weighted by atomic mass is 10.0. The molecule has 1 N–H and O–H groups in total. The zero-order valence-electron chi connectivity index (χ0n) is 16.3. The van der Waals surface area contributed by atoms with Crippen LogP contribution in [0.1, 0.15) is 124 Å². The molecule has 1 nitrogen and oxygen atoms in total. The number of rotatable bonds is 15. The molecule has 0 aromatic heterocycles. The average molecular weight is 323 g/mol. The fourth-order valence-corrected chi connectivity index (χ4v) is 2.75. The number of aliphatic hydroxyl groups is 1. The molecule has 0 aromatic carbocycles. The van der Waals surface area contributed by atoms with E-state index in [1.807, 2.05) is 6.92 Å². The van der Waals surface area contributed by atoms with Gasteiger partial charge in [0.15, 0.2) is 0 Å². The second-order valence-electron chi connectivity index (χ2n) is 7.28. The summed E-state index contributed by atoms with van der Waals surface area (Å²) in [6.07, 6.45) is 21.1. The van der Waals surface area contributed by atoms with Crippen LogP contribution in [0.5, 0.6) is 0 Å². The van der Waals surface area contributed by atoms with Gasteiger partial charge in [-0.25, -0.2) is 0 Å². The molecule has 1 atom stereocenters. The van der Waals surface area contributed by atoms with E-state index in [2.05, 4.69) is 18.8 Å². The van der Waals surface area contributed by atoms with Crippen LogP contribution >= 0.6 is 0 Å². The molecule has 0 aliphatic heterocycles. The topological polar surface area (TPSA) is 20.2 Å². The van der Waals surface area contributed by atoms with Crippen molar-refractivity contribution in [2.24, 2.45) is 0 Å². The Hall–Kier alpha value is -0.480. The van der Waals surface area contributed by atoms with Gasteiger partial charge in [0.25, 0.3) is 0 Å². The zero-order chi connectivity index (χ0) is 17.2. The fraction of sp³-hybridized carbons (Fsp3) is 0.909. The summed E-state index contributed by atoms with van der Waals surface area (Å²) in [6.45, 7) is 6.05. The Balaban J connectivity index is 3.17. The Labute approximate surface area is 146 Å². The van der Waals surface area contributed by atoms with Crippen molar-refractivity contribution in [2.75, 3.05) is 0 Å². The van der Waals surface area contributed by atoms with Crippen LogP contribution in [0, 0.1) is 11.8 Å². The predicted octanol–water partition coefficient (Wildman–Crippen LogP) is 7.02. The molecule has 0 fully saturated rings. The first-order valence-electron chi connectivity index (χ1n) is 10.3. The van der Waals surface area contributed by atoms with Crippen molar-refractivity contribution in [3.05, 3.63) is 0 Å². The van der Waals surface area contributed by atoms with E-state index in [0.717, 1.165) is 6.42 Å². The van der Waals surface area contributed by atoms with E-state index in [-0.39, 0.29) is 0 Å². The number of hydrogen-bond acceptors (Lipinski definition) is 1. The highest BCUT2D eigenvalue weighted by Crippen LogP contribution is 2.13. The third-order valence-corrected chi connectivity index (χ3v) is 4.70. The Kier molecular flexibility index (Phi) is 16.0. The first-order chi connectivity index (χ1) is 11.1. The summed E-state index contributed by atoms with van der Waals surface area (Å²) in [4.78, 5) is 0. The van der Waals surface area contributed by atoms with Crippen molar-refractivity contribution >= 4 is 0 Å². The summed E-state index contributed by atoms with van der Waals surface area (Å²) in [7, 11) is 0. The fourth-order valence-electron chi connectivity index (χ4n) is 2.75. The predicted molar refractivity (Wildman–Crippen MR) is 104 cm³/mol. The molecule has 0 aliphatic carbocycles. The van der Waals surface area contributed by atoms with Gasteiger partial charge in [-0.05, 0) is 19.8 Å². The molecule has 1 heteroatoms. The summed E-state index contributed by atoms with van der Waals surface area (Å²) < 4.78 is 0. The Bertz CT molecular complexity index is 295. The lowest BCUT2D eigenvalue weighted by molar-refractivity contribution is 0.118. The maximum absolute atomic E-state index is 9.76. The highest BCUT2D eigenvalue weighted by Gasteiger charge is 2.11. The maximum Gasteiger partial charge on any atom is 0.122 e. The lowest BCUT2D eigenvalue weighted by Crippen LogP contribution is -2.19. The SMILES string of the molecule is CCCCCCCCCCCCCCCCC#CC(C)(O)CC. The summed E-state index contributed by atoms with van der Waals surface area (Å²) in [5.41, 5.74) is -0.782. The second-order valence-corrected chi connectivity index (χ2v) is 7.28. The molecule has 23 heavy (non-hydrogen) atoms. The van der Waals surface area contributed by atoms with Crippen LogP contribution in [0.15, 0.2) is 0 Å². The van der Waals surface area contributed by atoms with Gasteiger partial charge in [0, 0.05) is 6.42 Å². The molecular formula is C22H42O. The van der Waals surface area contributed by atoms with Crippen LogP contribution in [0.25, 0.3) is 0 Å². The molecule has 0 amide bonds. The summed E-state index contributed by atoms with van der Waals surface area (Å²) in [5.74, 6) is 6.08. The second kappa shape index (κ2) is 16.4. The van der Waals surface area contributed by atoms with Crippen LogP contribution in [-0.4, -0.2) is 10.7 Å². The minimum absolute atomic E-state index is 0.707. The molecule has 0 radical (unpaired) electrons. The van der Waals surface area contributed by atoms with E-state index in [4.69, 9.17) is 0 Å². The van der Waals surface area contributed by atoms with Gasteiger partial charge in [-0.15, -0.1) is 5.92 Å². The number of unbranched alkanes of at least 4 members (excludes halogenated alkanes) is 14. The highest BCUT2D eigenvalue weighted by atomic mass is 16.3. The molecule has 0 rings (SSSR count). The average Bonchev–Trinajstić information content (AvgIpc) is 2.54. The minimum atomic E-state index is -0.782. The van der Waals surface area contributed by atoms with Crippen LogP contribution in [0.4, 0.5) is 0 Å². The van der Waals surface area contributed by atoms with Gasteiger partial charge in [-0.3, -0.25) is 0 Å². The van der Waals surface area contributed by atoms with Crippen molar-refractivity contribution in [3.8, 4) is 11.8 Å². The van der Waals surface area contributed by atoms with Crippen molar-refractivity contribution in [3.63, 3.8) is 0 Å². The minimum Gasteiger partial charge on any atom is -0.378 e. The molecule has 0 heterocycles. The first-order valence-corrected chi connectivity index (χ1v) is 10.3. The molecule has 0 saturated carbocycles. The van der Waals surface area contributed by atoms with E-state index in [9.17, 15) is 5.11 Å². The van der Waals surface area contributed by atoms with E-state index in [1.54, 1.807) is 6.92 Å². The molecular weight excluding hydrogens is 280 g/mol. The third-order valence-electron chi connectivity index (χ3n) is 4.70. The van der Waals surface area contributed by atoms with Gasteiger partial charge < -0.3 is 5.11 Å². The molecule has 0 spiro atoms. The monoisotopic (exact) mass is 322 g/mol. The van der Waals surface area contributed by atoms with Gasteiger partial charge in [0.2, 0.25) is 0 Å². The van der Waals surface area contributed by atoms with E-state index < -0.39 is 5.60 Å². The summed E-state index contributed by atoms with van der Waals surface area (Å²) in [5, 5.41) is 9.76. The largest absolute Gasteiger partial charge is 0.378 e. The summed E-state index contributed by atoms with van der Waals surface area (Å²) >= 11 is 0. The first kappa shape index (κ1) is 22.5. The molecule has 1 unspecified atom stereocenters. The van der Waals surface area contributed by atoms with E-state index in [1.165, 1.54) is 89.9 Å². The van der Waals surface area contributed by atoms with Gasteiger partial charge in [-0.2, -0.15) is 0 Å². The van der Waals surface area contributed by atoms with Gasteiger partial charge >= 0.3 is 0 Å². The lowest BCUT2D eigenvalue weighted by Gasteiger charge is -2.11. The standard InChI is InChI=1S/C22H42O/c1-4-6-7-8-9-10-11-12-13-14-15-16-17-18-19-20-21-22(3,23)5-2/h23H,4-19H2,1-3H3. The Morgan fingerprint density at radius 1 is 0.652 bits per heavy atom. The molecule has 0 aromatic rings. The van der Waals surface area contributed by atoms with Gasteiger partial charge in [-0.1, -0.05) is 103 Å². The maximum atomic E-state index is 9.76. The van der Waals surface area contributed by atoms with Crippen LogP contribution in [0.3, 0.4) is 0 Å². The number of hydrogen-bond donors (Lipinski definition) is 1. The van der Waals surface area contributed by atoms with Crippen molar-refractivity contribution in [1.82, 2.24) is 0 Å². The van der Waals surface area contributed by atoms with E-state index in [0.29, 0.717) is 6.42 Å². The molecule has 0 saturated heterocycles. The van der Waals surface area contributed by atoms with Crippen LogP contribution < -0.4 is 0 Å². The molecule has 0 aliphatic rings. The summed E-state index contributed by atoms with van der Waals surface area (Å²) in [6, 6.07) is 0.